The molecule has 1 saturated heterocycles. The van der Waals surface area contributed by atoms with Crippen LogP contribution >= 0.6 is 0 Å². The highest BCUT2D eigenvalue weighted by molar-refractivity contribution is 6.31. The number of fused-ring (bicyclic) bond motifs is 4. The highest BCUT2D eigenvalue weighted by atomic mass is 16.4. The van der Waals surface area contributed by atoms with E-state index in [9.17, 15) is 19.2 Å². The summed E-state index contributed by atoms with van der Waals surface area (Å²) in [4.78, 5) is 49.3. The monoisotopic (exact) mass is 396 g/mol. The molecule has 9 nitrogen and oxygen atoms in total. The molecule has 2 bridgehead atoms. The summed E-state index contributed by atoms with van der Waals surface area (Å²) >= 11 is 0. The Labute approximate surface area is 165 Å². The molecule has 1 aromatic carbocycles. The third-order valence-corrected chi connectivity index (χ3v) is 5.35. The van der Waals surface area contributed by atoms with E-state index in [0.29, 0.717) is 18.8 Å². The van der Waals surface area contributed by atoms with Gasteiger partial charge in [-0.2, -0.15) is 0 Å². The number of nitrogens with zero attached hydrogens (tertiary/aromatic N) is 2. The zero-order valence-electron chi connectivity index (χ0n) is 15.5. The number of hydrogen-bond acceptors (Lipinski definition) is 4. The van der Waals surface area contributed by atoms with Crippen LogP contribution in [0.1, 0.15) is 18.0 Å². The van der Waals surface area contributed by atoms with Crippen molar-refractivity contribution >= 4 is 29.3 Å². The lowest BCUT2D eigenvalue weighted by Crippen LogP contribution is -2.51. The molecule has 4 rings (SSSR count). The molecule has 3 heterocycles. The average Bonchev–Trinajstić information content (AvgIpc) is 2.70. The molecular weight excluding hydrogens is 376 g/mol. The summed E-state index contributed by atoms with van der Waals surface area (Å²) in [6.07, 6.45) is 0.796. The van der Waals surface area contributed by atoms with Crippen LogP contribution in [0.5, 0.6) is 0 Å². The van der Waals surface area contributed by atoms with Gasteiger partial charge in [-0.15, -0.1) is 0 Å². The maximum absolute atomic E-state index is 12.9. The molecule has 2 aliphatic rings. The number of amides is 3. The number of likely N-dealkylation sites (tertiary alicyclic amines) is 1. The first-order valence-electron chi connectivity index (χ1n) is 9.31. The number of anilines is 2. The second kappa shape index (κ2) is 7.42. The van der Waals surface area contributed by atoms with Crippen molar-refractivity contribution in [3.8, 4) is 0 Å². The summed E-state index contributed by atoms with van der Waals surface area (Å²) in [6, 6.07) is 11.7. The predicted molar refractivity (Wildman–Crippen MR) is 105 cm³/mol. The standard InChI is InChI=1S/C20H20N4O5/c25-17-15(22-20(29)21-14-4-2-1-3-5-14)6-7-16-13-8-12(10-24(16)17)9-23(11-13)18(26)19(27)28/h1-7,12-13H,8-11H2,(H,27,28)(H2,21,22,29)/t12-,13-/m1/s1. The van der Waals surface area contributed by atoms with Crippen LogP contribution in [0, 0.1) is 5.92 Å². The molecule has 0 radical (unpaired) electrons. The number of carboxylic acids is 1. The average molecular weight is 396 g/mol. The molecule has 0 spiro atoms. The molecule has 2 aromatic rings. The van der Waals surface area contributed by atoms with Crippen LogP contribution in [0.15, 0.2) is 47.3 Å². The van der Waals surface area contributed by atoms with Gasteiger partial charge in [0.1, 0.15) is 5.69 Å². The smallest absolute Gasteiger partial charge is 0.394 e. The molecule has 3 amide bonds. The highest BCUT2D eigenvalue weighted by Crippen LogP contribution is 2.35. The van der Waals surface area contributed by atoms with Crippen molar-refractivity contribution < 1.29 is 19.5 Å². The molecule has 3 N–H and O–H groups in total. The number of piperidine rings is 1. The van der Waals surface area contributed by atoms with E-state index in [1.807, 2.05) is 6.07 Å². The molecule has 0 unspecified atom stereocenters. The van der Waals surface area contributed by atoms with Gasteiger partial charge in [0.05, 0.1) is 0 Å². The molecule has 0 aliphatic carbocycles. The van der Waals surface area contributed by atoms with Crippen LogP contribution in [0.3, 0.4) is 0 Å². The Morgan fingerprint density at radius 2 is 1.72 bits per heavy atom. The number of benzene rings is 1. The van der Waals surface area contributed by atoms with Gasteiger partial charge in [0.2, 0.25) is 0 Å². The van der Waals surface area contributed by atoms with E-state index in [4.69, 9.17) is 5.11 Å². The van der Waals surface area contributed by atoms with Gasteiger partial charge in [-0.3, -0.25) is 9.59 Å². The number of aromatic nitrogens is 1. The van der Waals surface area contributed by atoms with Gasteiger partial charge in [-0.25, -0.2) is 9.59 Å². The van der Waals surface area contributed by atoms with E-state index < -0.39 is 17.9 Å². The zero-order chi connectivity index (χ0) is 20.5. The molecule has 0 saturated carbocycles. The van der Waals surface area contributed by atoms with E-state index in [1.165, 1.54) is 4.90 Å². The number of aliphatic carboxylic acids is 1. The van der Waals surface area contributed by atoms with E-state index in [-0.39, 0.29) is 29.6 Å². The van der Waals surface area contributed by atoms with Crippen molar-refractivity contribution in [2.45, 2.75) is 18.9 Å². The molecule has 9 heteroatoms. The van der Waals surface area contributed by atoms with E-state index >= 15 is 0 Å². The van der Waals surface area contributed by atoms with Crippen LogP contribution in [0.4, 0.5) is 16.2 Å². The fraction of sp³-hybridized carbons (Fsp3) is 0.300. The molecule has 29 heavy (non-hydrogen) atoms. The predicted octanol–water partition coefficient (Wildman–Crippen LogP) is 1.52. The van der Waals surface area contributed by atoms with Gasteiger partial charge in [-0.1, -0.05) is 18.2 Å². The molecular formula is C20H20N4O5. The van der Waals surface area contributed by atoms with E-state index in [0.717, 1.165) is 12.1 Å². The number of nitrogens with one attached hydrogen (secondary N) is 2. The van der Waals surface area contributed by atoms with Crippen molar-refractivity contribution in [3.05, 3.63) is 58.5 Å². The van der Waals surface area contributed by atoms with Crippen molar-refractivity contribution in [1.82, 2.24) is 9.47 Å². The van der Waals surface area contributed by atoms with Gasteiger partial charge < -0.3 is 25.2 Å². The summed E-state index contributed by atoms with van der Waals surface area (Å²) in [7, 11) is 0. The normalized spacial score (nSPS) is 19.8. The SMILES string of the molecule is O=C(Nc1ccccc1)Nc1ccc2n(c1=O)C[C@@H]1C[C@@H]2CN(C(=O)C(=O)O)C1. The number of carbonyl (C=O) groups is 3. The van der Waals surface area contributed by atoms with Gasteiger partial charge in [-0.05, 0) is 36.6 Å². The lowest BCUT2D eigenvalue weighted by molar-refractivity contribution is -0.157. The zero-order valence-corrected chi connectivity index (χ0v) is 15.5. The third kappa shape index (κ3) is 3.71. The maximum Gasteiger partial charge on any atom is 0.394 e. The number of pyridine rings is 1. The minimum Gasteiger partial charge on any atom is -0.474 e. The minimum atomic E-state index is -1.47. The molecule has 1 aromatic heterocycles. The van der Waals surface area contributed by atoms with Crippen LogP contribution in [0.2, 0.25) is 0 Å². The fourth-order valence-electron chi connectivity index (χ4n) is 4.15. The Morgan fingerprint density at radius 3 is 2.45 bits per heavy atom. The summed E-state index contributed by atoms with van der Waals surface area (Å²) in [5, 5.41) is 14.2. The fourth-order valence-corrected chi connectivity index (χ4v) is 4.15. The van der Waals surface area contributed by atoms with Crippen LogP contribution in [-0.2, 0) is 16.1 Å². The van der Waals surface area contributed by atoms with Crippen molar-refractivity contribution in [3.63, 3.8) is 0 Å². The summed E-state index contributed by atoms with van der Waals surface area (Å²) in [6.45, 7) is 0.950. The van der Waals surface area contributed by atoms with Gasteiger partial charge >= 0.3 is 17.9 Å². The van der Waals surface area contributed by atoms with Crippen molar-refractivity contribution in [2.75, 3.05) is 23.7 Å². The van der Waals surface area contributed by atoms with Crippen molar-refractivity contribution in [2.24, 2.45) is 5.92 Å². The molecule has 150 valence electrons. The highest BCUT2D eigenvalue weighted by Gasteiger charge is 2.38. The number of hydrogen-bond donors (Lipinski definition) is 3. The minimum absolute atomic E-state index is 0.00403. The maximum atomic E-state index is 12.9. The Balaban J connectivity index is 1.53. The number of urea groups is 1. The molecule has 2 atom stereocenters. The van der Waals surface area contributed by atoms with Crippen LogP contribution < -0.4 is 16.2 Å². The first-order valence-corrected chi connectivity index (χ1v) is 9.31. The Hall–Kier alpha value is -3.62. The van der Waals surface area contributed by atoms with Crippen LogP contribution in [0.25, 0.3) is 0 Å². The van der Waals surface area contributed by atoms with E-state index in [2.05, 4.69) is 10.6 Å². The summed E-state index contributed by atoms with van der Waals surface area (Å²) < 4.78 is 1.62. The van der Waals surface area contributed by atoms with Crippen molar-refractivity contribution in [1.29, 1.82) is 0 Å². The molecule has 2 aliphatic heterocycles. The van der Waals surface area contributed by atoms with Gasteiger partial charge in [0.25, 0.3) is 5.56 Å². The quantitative estimate of drug-likeness (QED) is 0.665. The second-order valence-corrected chi connectivity index (χ2v) is 7.35. The number of carbonyl (C=O) groups excluding carboxylic acids is 2. The first-order chi connectivity index (χ1) is 13.9. The second-order valence-electron chi connectivity index (χ2n) is 7.35. The van der Waals surface area contributed by atoms with Crippen LogP contribution in [-0.4, -0.2) is 45.6 Å². The third-order valence-electron chi connectivity index (χ3n) is 5.35. The number of carboxylic acid groups (broad SMARTS) is 1. The Morgan fingerprint density at radius 1 is 0.966 bits per heavy atom. The Bertz CT molecular complexity index is 1030. The lowest BCUT2D eigenvalue weighted by atomic mass is 9.83. The van der Waals surface area contributed by atoms with Gasteiger partial charge in [0.15, 0.2) is 0 Å². The van der Waals surface area contributed by atoms with Gasteiger partial charge in [0, 0.05) is 36.9 Å². The molecule has 1 fully saturated rings. The topological polar surface area (TPSA) is 121 Å². The van der Waals surface area contributed by atoms with E-state index in [1.54, 1.807) is 41.0 Å². The number of para-hydroxylation sites is 1. The number of rotatable bonds is 2. The Kier molecular flexibility index (Phi) is 4.79. The first kappa shape index (κ1) is 18.7. The largest absolute Gasteiger partial charge is 0.474 e. The lowest BCUT2D eigenvalue weighted by Gasteiger charge is -2.42. The summed E-state index contributed by atoms with van der Waals surface area (Å²) in [5.74, 6) is -2.49. The summed E-state index contributed by atoms with van der Waals surface area (Å²) in [5.41, 5.74) is 1.22.